The first-order chi connectivity index (χ1) is 13.5. The molecule has 0 saturated carbocycles. The average Bonchev–Trinajstić information content (AvgIpc) is 3.05. The summed E-state index contributed by atoms with van der Waals surface area (Å²) in [6, 6.07) is 9.85. The monoisotopic (exact) mass is 415 g/mol. The van der Waals surface area contributed by atoms with Crippen LogP contribution in [0, 0.1) is 0 Å². The van der Waals surface area contributed by atoms with E-state index >= 15 is 0 Å². The van der Waals surface area contributed by atoms with Gasteiger partial charge in [0.05, 0.1) is 23.1 Å². The molecule has 2 aromatic carbocycles. The Morgan fingerprint density at radius 1 is 1.14 bits per heavy atom. The van der Waals surface area contributed by atoms with Crippen molar-refractivity contribution in [3.8, 4) is 5.75 Å². The molecule has 1 aromatic heterocycles. The molecule has 0 aliphatic carbocycles. The lowest BCUT2D eigenvalue weighted by atomic mass is 10.1. The van der Waals surface area contributed by atoms with Crippen LogP contribution in [-0.2, 0) is 9.53 Å². The van der Waals surface area contributed by atoms with Crippen molar-refractivity contribution in [1.82, 2.24) is 0 Å². The van der Waals surface area contributed by atoms with Gasteiger partial charge in [-0.1, -0.05) is 29.3 Å². The van der Waals surface area contributed by atoms with Crippen molar-refractivity contribution < 1.29 is 18.7 Å². The number of fused-ring (bicyclic) bond motifs is 1. The third kappa shape index (κ3) is 3.28. The van der Waals surface area contributed by atoms with E-state index in [0.717, 1.165) is 0 Å². The zero-order chi connectivity index (χ0) is 19.8. The topological polar surface area (TPSA) is 78.1 Å². The van der Waals surface area contributed by atoms with Crippen LogP contribution in [0.3, 0.4) is 0 Å². The molecule has 0 atom stereocenters. The average molecular weight is 416 g/mol. The number of cyclic esters (lactones) is 1. The molecular formula is C20H11Cl2NO5. The van der Waals surface area contributed by atoms with Crippen LogP contribution in [0.2, 0.25) is 10.0 Å². The molecule has 140 valence electrons. The van der Waals surface area contributed by atoms with E-state index in [1.807, 2.05) is 0 Å². The van der Waals surface area contributed by atoms with Gasteiger partial charge in [-0.25, -0.2) is 9.79 Å². The maximum Gasteiger partial charge on any atom is 0.363 e. The summed E-state index contributed by atoms with van der Waals surface area (Å²) in [6.45, 7) is 0. The molecule has 0 saturated heterocycles. The quantitative estimate of drug-likeness (QED) is 0.466. The van der Waals surface area contributed by atoms with E-state index in [0.29, 0.717) is 16.3 Å². The molecule has 2 heterocycles. The Kier molecular flexibility index (Phi) is 4.66. The van der Waals surface area contributed by atoms with Gasteiger partial charge < -0.3 is 13.9 Å². The van der Waals surface area contributed by atoms with E-state index < -0.39 is 11.4 Å². The minimum absolute atomic E-state index is 0.0300. The number of carbonyl (C=O) groups excluding carboxylic acids is 1. The van der Waals surface area contributed by atoms with Gasteiger partial charge in [0.15, 0.2) is 16.7 Å². The van der Waals surface area contributed by atoms with Crippen LogP contribution >= 0.6 is 23.2 Å². The van der Waals surface area contributed by atoms with Gasteiger partial charge >= 0.3 is 5.97 Å². The van der Waals surface area contributed by atoms with Crippen LogP contribution in [0.5, 0.6) is 5.75 Å². The van der Waals surface area contributed by atoms with Crippen molar-refractivity contribution in [2.24, 2.45) is 4.99 Å². The molecule has 0 spiro atoms. The fraction of sp³-hybridized carbons (Fsp3) is 0.0500. The lowest BCUT2D eigenvalue weighted by molar-refractivity contribution is -0.129. The van der Waals surface area contributed by atoms with Gasteiger partial charge in [-0.15, -0.1) is 0 Å². The predicted molar refractivity (Wildman–Crippen MR) is 106 cm³/mol. The molecule has 0 unspecified atom stereocenters. The van der Waals surface area contributed by atoms with Crippen LogP contribution in [0.1, 0.15) is 11.1 Å². The Morgan fingerprint density at radius 2 is 1.96 bits per heavy atom. The minimum Gasteiger partial charge on any atom is -0.497 e. The number of halogens is 2. The highest BCUT2D eigenvalue weighted by Gasteiger charge is 2.25. The molecule has 0 amide bonds. The molecule has 6 nitrogen and oxygen atoms in total. The molecule has 4 rings (SSSR count). The number of carbonyl (C=O) groups is 1. The summed E-state index contributed by atoms with van der Waals surface area (Å²) in [5, 5.41) is 0.723. The second-order valence-corrected chi connectivity index (χ2v) is 6.70. The highest BCUT2D eigenvalue weighted by molar-refractivity contribution is 6.38. The van der Waals surface area contributed by atoms with Crippen molar-refractivity contribution in [3.05, 3.63) is 79.8 Å². The lowest BCUT2D eigenvalue weighted by Gasteiger charge is -2.02. The van der Waals surface area contributed by atoms with E-state index in [1.54, 1.807) is 24.3 Å². The summed E-state index contributed by atoms with van der Waals surface area (Å²) in [5.41, 5.74) is 0.481. The first kappa shape index (κ1) is 18.3. The van der Waals surface area contributed by atoms with Crippen LogP contribution in [0.25, 0.3) is 17.0 Å². The number of hydrogen-bond donors (Lipinski definition) is 0. The zero-order valence-corrected chi connectivity index (χ0v) is 15.9. The highest BCUT2D eigenvalue weighted by Crippen LogP contribution is 2.27. The van der Waals surface area contributed by atoms with E-state index in [9.17, 15) is 9.59 Å². The SMILES string of the molecule is COc1cccc(C2=N/C(=C\c3coc4c(Cl)cc(Cl)cc4c3=O)C(=O)O2)c1. The van der Waals surface area contributed by atoms with Crippen LogP contribution in [0.15, 0.2) is 62.6 Å². The first-order valence-electron chi connectivity index (χ1n) is 8.04. The van der Waals surface area contributed by atoms with Gasteiger partial charge in [0.1, 0.15) is 12.0 Å². The fourth-order valence-corrected chi connectivity index (χ4v) is 3.25. The molecule has 1 aliphatic rings. The van der Waals surface area contributed by atoms with E-state index in [1.165, 1.54) is 31.6 Å². The van der Waals surface area contributed by atoms with Gasteiger partial charge in [0, 0.05) is 10.6 Å². The number of nitrogens with zero attached hydrogens (tertiary/aromatic N) is 1. The third-order valence-corrected chi connectivity index (χ3v) is 4.55. The number of aliphatic imine (C=N–C) groups is 1. The van der Waals surface area contributed by atoms with Gasteiger partial charge in [0.2, 0.25) is 5.90 Å². The molecule has 0 N–H and O–H groups in total. The summed E-state index contributed by atoms with van der Waals surface area (Å²) in [6.07, 6.45) is 2.51. The zero-order valence-electron chi connectivity index (χ0n) is 14.4. The largest absolute Gasteiger partial charge is 0.497 e. The van der Waals surface area contributed by atoms with Crippen molar-refractivity contribution in [1.29, 1.82) is 0 Å². The Balaban J connectivity index is 1.78. The number of rotatable bonds is 3. The summed E-state index contributed by atoms with van der Waals surface area (Å²) in [5.74, 6) is 0.0328. The van der Waals surface area contributed by atoms with Crippen molar-refractivity contribution in [2.45, 2.75) is 0 Å². The Bertz CT molecular complexity index is 1240. The summed E-state index contributed by atoms with van der Waals surface area (Å²) in [4.78, 5) is 29.1. The molecular weight excluding hydrogens is 405 g/mol. The van der Waals surface area contributed by atoms with Crippen molar-refractivity contribution in [2.75, 3.05) is 7.11 Å². The fourth-order valence-electron chi connectivity index (χ4n) is 2.72. The second kappa shape index (κ2) is 7.14. The standard InChI is InChI=1S/C20H11Cl2NO5/c1-26-13-4-2-3-10(5-13)19-23-16(20(25)28-19)6-11-9-27-18-14(17(11)24)7-12(21)8-15(18)22/h2-9H,1H3/b16-6-. The third-order valence-electron chi connectivity index (χ3n) is 4.05. The molecule has 0 bridgehead atoms. The molecule has 1 aliphatic heterocycles. The molecule has 28 heavy (non-hydrogen) atoms. The number of ether oxygens (including phenoxy) is 2. The van der Waals surface area contributed by atoms with E-state index in [-0.39, 0.29) is 33.2 Å². The van der Waals surface area contributed by atoms with Crippen molar-refractivity contribution >= 4 is 52.1 Å². The number of benzene rings is 2. The number of esters is 1. The van der Waals surface area contributed by atoms with Crippen LogP contribution < -0.4 is 10.2 Å². The summed E-state index contributed by atoms with van der Waals surface area (Å²) >= 11 is 12.0. The maximum atomic E-state index is 12.7. The molecule has 8 heteroatoms. The van der Waals surface area contributed by atoms with Gasteiger partial charge in [0.25, 0.3) is 0 Å². The normalized spacial score (nSPS) is 15.0. The number of methoxy groups -OCH3 is 1. The molecule has 0 fully saturated rings. The molecule has 3 aromatic rings. The van der Waals surface area contributed by atoms with Crippen molar-refractivity contribution in [3.63, 3.8) is 0 Å². The highest BCUT2D eigenvalue weighted by atomic mass is 35.5. The first-order valence-corrected chi connectivity index (χ1v) is 8.79. The van der Waals surface area contributed by atoms with Gasteiger partial charge in [-0.3, -0.25) is 4.79 Å². The minimum atomic E-state index is -0.679. The van der Waals surface area contributed by atoms with Crippen LogP contribution in [0.4, 0.5) is 0 Å². The number of hydrogen-bond acceptors (Lipinski definition) is 6. The Hall–Kier alpha value is -3.09. The van der Waals surface area contributed by atoms with Crippen LogP contribution in [-0.4, -0.2) is 19.0 Å². The van der Waals surface area contributed by atoms with Gasteiger partial charge in [-0.05, 0) is 36.4 Å². The lowest BCUT2D eigenvalue weighted by Crippen LogP contribution is -2.07. The Morgan fingerprint density at radius 3 is 2.75 bits per heavy atom. The van der Waals surface area contributed by atoms with E-state index in [2.05, 4.69) is 4.99 Å². The summed E-state index contributed by atoms with van der Waals surface area (Å²) in [7, 11) is 1.53. The predicted octanol–water partition coefficient (Wildman–Crippen LogP) is 4.45. The second-order valence-electron chi connectivity index (χ2n) is 5.85. The maximum absolute atomic E-state index is 12.7. The Labute approximate surface area is 168 Å². The van der Waals surface area contributed by atoms with E-state index in [4.69, 9.17) is 37.1 Å². The smallest absolute Gasteiger partial charge is 0.363 e. The summed E-state index contributed by atoms with van der Waals surface area (Å²) < 4.78 is 15.8. The molecule has 0 radical (unpaired) electrons. The van der Waals surface area contributed by atoms with Gasteiger partial charge in [-0.2, -0.15) is 0 Å².